The van der Waals surface area contributed by atoms with Gasteiger partial charge in [-0.2, -0.15) is 0 Å². The third-order valence-electron chi connectivity index (χ3n) is 10.6. The van der Waals surface area contributed by atoms with Crippen molar-refractivity contribution in [3.05, 3.63) is 218 Å². The first kappa shape index (κ1) is 37.3. The van der Waals surface area contributed by atoms with Crippen molar-refractivity contribution in [1.29, 1.82) is 0 Å². The molecule has 280 valence electrons. The molecule has 0 aliphatic rings. The van der Waals surface area contributed by atoms with Crippen LogP contribution < -0.4 is 15.1 Å². The molecule has 0 amide bonds. The zero-order valence-electron chi connectivity index (χ0n) is 32.4. The third kappa shape index (κ3) is 9.59. The van der Waals surface area contributed by atoms with Crippen LogP contribution >= 0.6 is 0 Å². The van der Waals surface area contributed by atoms with E-state index in [1.165, 1.54) is 67.3 Å². The largest absolute Gasteiger partial charge is 0.341 e. The smallest absolute Gasteiger partial charge is 0.0411 e. The average molecular weight is 740 g/mol. The Bertz CT molecular complexity index is 2040. The van der Waals surface area contributed by atoms with Gasteiger partial charge in [0.15, 0.2) is 0 Å². The van der Waals surface area contributed by atoms with Crippen LogP contribution in [0.3, 0.4) is 0 Å². The van der Waals surface area contributed by atoms with E-state index >= 15 is 0 Å². The first-order valence-corrected chi connectivity index (χ1v) is 20.2. The van der Waals surface area contributed by atoms with Crippen molar-refractivity contribution in [2.24, 2.45) is 0 Å². The first-order chi connectivity index (χ1) is 28.3. The quantitative estimate of drug-likeness (QED) is 0.0996. The fourth-order valence-electron chi connectivity index (χ4n) is 7.52. The first-order valence-electron chi connectivity index (χ1n) is 20.2. The van der Waals surface area contributed by atoms with Crippen molar-refractivity contribution in [3.8, 4) is 44.5 Å². The highest BCUT2D eigenvalue weighted by Gasteiger charge is 2.13. The molecule has 0 aliphatic carbocycles. The highest BCUT2D eigenvalue weighted by atomic mass is 15.1. The minimum absolute atomic E-state index is 0.913. The number of hydrogen-bond donors (Lipinski definition) is 1. The monoisotopic (exact) mass is 739 g/mol. The van der Waals surface area contributed by atoms with Gasteiger partial charge in [0, 0.05) is 35.8 Å². The van der Waals surface area contributed by atoms with Gasteiger partial charge in [0.1, 0.15) is 0 Å². The van der Waals surface area contributed by atoms with E-state index in [4.69, 9.17) is 0 Å². The number of rotatable bonds is 16. The van der Waals surface area contributed by atoms with Crippen molar-refractivity contribution in [2.75, 3.05) is 36.0 Å². The van der Waals surface area contributed by atoms with E-state index < -0.39 is 0 Å². The predicted octanol–water partition coefficient (Wildman–Crippen LogP) is 13.7. The molecule has 1 N–H and O–H groups in total. The molecule has 0 spiro atoms. The van der Waals surface area contributed by atoms with Crippen LogP contribution in [-0.4, -0.2) is 26.2 Å². The second kappa shape index (κ2) is 18.8. The average Bonchev–Trinajstić information content (AvgIpc) is 3.30. The molecule has 0 heterocycles. The fourth-order valence-corrected chi connectivity index (χ4v) is 7.52. The second-order valence-corrected chi connectivity index (χ2v) is 14.4. The molecule has 3 nitrogen and oxygen atoms in total. The van der Waals surface area contributed by atoms with Crippen LogP contribution in [0.15, 0.2) is 218 Å². The normalized spacial score (nSPS) is 10.9. The molecule has 0 saturated heterocycles. The summed E-state index contributed by atoms with van der Waals surface area (Å²) in [6, 6.07) is 78.4. The second-order valence-electron chi connectivity index (χ2n) is 14.4. The Kier molecular flexibility index (Phi) is 12.3. The van der Waals surface area contributed by atoms with Gasteiger partial charge in [0.05, 0.1) is 0 Å². The molecule has 57 heavy (non-hydrogen) atoms. The van der Waals surface area contributed by atoms with Crippen LogP contribution in [0.2, 0.25) is 0 Å². The van der Waals surface area contributed by atoms with Gasteiger partial charge in [-0.05, 0) is 119 Å². The lowest BCUT2D eigenvalue weighted by Crippen LogP contribution is -2.26. The van der Waals surface area contributed by atoms with Crippen molar-refractivity contribution in [2.45, 2.75) is 12.8 Å². The highest BCUT2D eigenvalue weighted by molar-refractivity contribution is 5.74. The Morgan fingerprint density at radius 3 is 0.684 bits per heavy atom. The van der Waals surface area contributed by atoms with E-state index in [0.717, 1.165) is 39.0 Å². The number of anilines is 4. The van der Waals surface area contributed by atoms with E-state index in [1.807, 2.05) is 0 Å². The Morgan fingerprint density at radius 2 is 0.456 bits per heavy atom. The zero-order valence-corrected chi connectivity index (χ0v) is 32.4. The van der Waals surface area contributed by atoms with Crippen molar-refractivity contribution < 1.29 is 0 Å². The molecule has 0 unspecified atom stereocenters. The molecule has 8 aromatic rings. The van der Waals surface area contributed by atoms with Crippen molar-refractivity contribution >= 4 is 22.7 Å². The van der Waals surface area contributed by atoms with Gasteiger partial charge >= 0.3 is 0 Å². The van der Waals surface area contributed by atoms with Crippen LogP contribution in [0.1, 0.15) is 12.8 Å². The van der Waals surface area contributed by atoms with Crippen LogP contribution in [0.5, 0.6) is 0 Å². The molecule has 8 rings (SSSR count). The van der Waals surface area contributed by atoms with E-state index in [-0.39, 0.29) is 0 Å². The molecule has 0 atom stereocenters. The highest BCUT2D eigenvalue weighted by Crippen LogP contribution is 2.32. The number of hydrogen-bond acceptors (Lipinski definition) is 3. The minimum atomic E-state index is 0.913. The SMILES string of the molecule is c1ccc(-c2ccc(N(CCCNCCCN(c3ccc(-c4ccccc4)cc3)c3ccc(-c4ccccc4)cc3)c3ccc(-c4ccccc4)cc3)cc2)cc1. The Hall–Kier alpha value is -6.68. The maximum atomic E-state index is 3.77. The fraction of sp³-hybridized carbons (Fsp3) is 0.111. The standard InChI is InChI=1S/C54H49N3/c1-5-15-43(16-6-1)47-23-31-51(32-24-47)56(52-33-25-48(26-34-52)44-17-7-2-8-18-44)41-13-39-55-40-14-42-57(53-35-27-49(28-36-53)45-19-9-3-10-20-45)54-37-29-50(30-38-54)46-21-11-4-12-22-46/h1-12,15-38,55H,13-14,39-42H2. The Morgan fingerprint density at radius 1 is 0.246 bits per heavy atom. The summed E-state index contributed by atoms with van der Waals surface area (Å²) in [5.74, 6) is 0. The van der Waals surface area contributed by atoms with Crippen LogP contribution in [0.4, 0.5) is 22.7 Å². The lowest BCUT2D eigenvalue weighted by molar-refractivity contribution is 0.626. The number of nitrogens with one attached hydrogen (secondary N) is 1. The molecule has 0 bridgehead atoms. The van der Waals surface area contributed by atoms with Gasteiger partial charge in [-0.3, -0.25) is 0 Å². The molecule has 0 fully saturated rings. The Balaban J connectivity index is 0.920. The van der Waals surface area contributed by atoms with E-state index in [0.29, 0.717) is 0 Å². The van der Waals surface area contributed by atoms with E-state index in [9.17, 15) is 0 Å². The number of benzene rings is 8. The summed E-state index contributed by atoms with van der Waals surface area (Å²) < 4.78 is 0. The van der Waals surface area contributed by atoms with Crippen LogP contribution in [-0.2, 0) is 0 Å². The summed E-state index contributed by atoms with van der Waals surface area (Å²) in [7, 11) is 0. The summed E-state index contributed by atoms with van der Waals surface area (Å²) in [6.07, 6.45) is 2.04. The zero-order chi connectivity index (χ0) is 38.5. The lowest BCUT2D eigenvalue weighted by atomic mass is 10.0. The van der Waals surface area contributed by atoms with Crippen molar-refractivity contribution in [3.63, 3.8) is 0 Å². The van der Waals surface area contributed by atoms with E-state index in [1.54, 1.807) is 0 Å². The minimum Gasteiger partial charge on any atom is -0.341 e. The summed E-state index contributed by atoms with van der Waals surface area (Å²) in [5.41, 5.74) is 14.7. The van der Waals surface area contributed by atoms with Gasteiger partial charge in [0.25, 0.3) is 0 Å². The van der Waals surface area contributed by atoms with Gasteiger partial charge < -0.3 is 15.1 Å². The predicted molar refractivity (Wildman–Crippen MR) is 244 cm³/mol. The third-order valence-corrected chi connectivity index (χ3v) is 10.6. The molecular formula is C54H49N3. The van der Waals surface area contributed by atoms with Crippen LogP contribution in [0, 0.1) is 0 Å². The van der Waals surface area contributed by atoms with Crippen molar-refractivity contribution in [1.82, 2.24) is 5.32 Å². The van der Waals surface area contributed by atoms with Gasteiger partial charge in [-0.1, -0.05) is 170 Å². The van der Waals surface area contributed by atoms with Crippen LogP contribution in [0.25, 0.3) is 44.5 Å². The summed E-state index contributed by atoms with van der Waals surface area (Å²) >= 11 is 0. The van der Waals surface area contributed by atoms with Gasteiger partial charge in [-0.15, -0.1) is 0 Å². The summed E-state index contributed by atoms with van der Waals surface area (Å²) in [4.78, 5) is 4.90. The molecule has 0 saturated carbocycles. The van der Waals surface area contributed by atoms with Gasteiger partial charge in [-0.25, -0.2) is 0 Å². The number of nitrogens with zero attached hydrogens (tertiary/aromatic N) is 2. The molecule has 0 aliphatic heterocycles. The molecule has 0 radical (unpaired) electrons. The molecular weight excluding hydrogens is 691 g/mol. The topological polar surface area (TPSA) is 18.5 Å². The summed E-state index contributed by atoms with van der Waals surface area (Å²) in [6.45, 7) is 3.71. The maximum absolute atomic E-state index is 3.77. The van der Waals surface area contributed by atoms with E-state index in [2.05, 4.69) is 234 Å². The summed E-state index contributed by atoms with van der Waals surface area (Å²) in [5, 5.41) is 3.77. The molecule has 0 aromatic heterocycles. The Labute approximate surface area is 338 Å². The van der Waals surface area contributed by atoms with Gasteiger partial charge in [0.2, 0.25) is 0 Å². The maximum Gasteiger partial charge on any atom is 0.0411 e. The molecule has 8 aromatic carbocycles. The molecule has 3 heteroatoms. The lowest BCUT2D eigenvalue weighted by Gasteiger charge is -2.26.